The molecule has 1 saturated heterocycles. The van der Waals surface area contributed by atoms with Gasteiger partial charge >= 0.3 is 5.97 Å². The van der Waals surface area contributed by atoms with Gasteiger partial charge in [0.1, 0.15) is 12.1 Å². The number of hydrogen-bond donors (Lipinski definition) is 0. The third-order valence-electron chi connectivity index (χ3n) is 7.78. The molecule has 0 radical (unpaired) electrons. The molecule has 1 heterocycles. The van der Waals surface area contributed by atoms with Crippen LogP contribution in [0.15, 0.2) is 66.7 Å². The van der Waals surface area contributed by atoms with Gasteiger partial charge in [-0.1, -0.05) is 66.7 Å². The molecule has 1 aliphatic heterocycles. The first kappa shape index (κ1) is 17.5. The summed E-state index contributed by atoms with van der Waals surface area (Å²) in [5, 5.41) is 0. The topological polar surface area (TPSA) is 29.5 Å². The molecule has 0 amide bonds. The molecule has 2 aromatic carbocycles. The molecular formula is C26H27NO2. The molecule has 2 aromatic rings. The molecule has 3 aliphatic carbocycles. The van der Waals surface area contributed by atoms with E-state index in [-0.39, 0.29) is 30.1 Å². The number of likely N-dealkylation sites (tertiary alicyclic amines) is 1. The van der Waals surface area contributed by atoms with Gasteiger partial charge in [-0.15, -0.1) is 0 Å². The number of nitrogens with zero attached hydrogens (tertiary/aromatic N) is 1. The molecule has 148 valence electrons. The number of hydrogen-bond acceptors (Lipinski definition) is 3. The van der Waals surface area contributed by atoms with Crippen LogP contribution in [0.3, 0.4) is 0 Å². The summed E-state index contributed by atoms with van der Waals surface area (Å²) in [6, 6.07) is 19.6. The summed E-state index contributed by atoms with van der Waals surface area (Å²) >= 11 is 0. The van der Waals surface area contributed by atoms with E-state index >= 15 is 0 Å². The summed E-state index contributed by atoms with van der Waals surface area (Å²) in [5.41, 5.74) is 4.15. The van der Waals surface area contributed by atoms with E-state index in [9.17, 15) is 4.79 Å². The quantitative estimate of drug-likeness (QED) is 0.550. The van der Waals surface area contributed by atoms with E-state index in [0.29, 0.717) is 17.9 Å². The summed E-state index contributed by atoms with van der Waals surface area (Å²) in [4.78, 5) is 15.8. The number of carbonyl (C=O) groups excluding carboxylic acids is 1. The zero-order valence-electron chi connectivity index (χ0n) is 16.8. The van der Waals surface area contributed by atoms with Gasteiger partial charge in [-0.3, -0.25) is 9.69 Å². The highest BCUT2D eigenvalue weighted by Gasteiger charge is 2.51. The zero-order valence-corrected chi connectivity index (χ0v) is 16.8. The Balaban J connectivity index is 1.23. The van der Waals surface area contributed by atoms with Crippen LogP contribution in [-0.4, -0.2) is 29.1 Å². The molecule has 3 nitrogen and oxygen atoms in total. The first-order valence-electron chi connectivity index (χ1n) is 11.0. The van der Waals surface area contributed by atoms with E-state index in [1.165, 1.54) is 16.7 Å². The first-order valence-corrected chi connectivity index (χ1v) is 11.0. The summed E-state index contributed by atoms with van der Waals surface area (Å²) in [7, 11) is 0. The Morgan fingerprint density at radius 1 is 0.966 bits per heavy atom. The maximum absolute atomic E-state index is 13.4. The standard InChI is InChI=1S/C26H27NO2/c1-16(17-7-3-2-4-8-17)27-20-12-11-18(13-20)25(27)26(28)29-24-15-19-14-23(24)22-10-6-5-9-21(19)22/h2-12,16,18-20,23-25H,13-15H2,1H3/t16-,18+,19-,20-,23-,24-,25+/m1/s1. The van der Waals surface area contributed by atoms with E-state index < -0.39 is 0 Å². The zero-order chi connectivity index (χ0) is 19.5. The smallest absolute Gasteiger partial charge is 0.324 e. The second-order valence-electron chi connectivity index (χ2n) is 9.21. The fourth-order valence-corrected chi connectivity index (χ4v) is 6.47. The molecule has 4 aliphatic rings. The van der Waals surface area contributed by atoms with Gasteiger partial charge in [0.15, 0.2) is 0 Å². The molecule has 7 atom stereocenters. The van der Waals surface area contributed by atoms with E-state index in [4.69, 9.17) is 4.74 Å². The number of carbonyl (C=O) groups is 1. The highest BCUT2D eigenvalue weighted by molar-refractivity contribution is 5.78. The molecule has 3 heteroatoms. The second kappa shape index (κ2) is 6.56. The lowest BCUT2D eigenvalue weighted by molar-refractivity contribution is -0.157. The molecule has 4 bridgehead atoms. The van der Waals surface area contributed by atoms with Gasteiger partial charge in [0.2, 0.25) is 0 Å². The van der Waals surface area contributed by atoms with Gasteiger partial charge in [-0.25, -0.2) is 0 Å². The number of benzene rings is 2. The van der Waals surface area contributed by atoms with Gasteiger partial charge in [-0.05, 0) is 48.8 Å². The van der Waals surface area contributed by atoms with Crippen LogP contribution in [0.5, 0.6) is 0 Å². The Morgan fingerprint density at radius 2 is 1.72 bits per heavy atom. The Morgan fingerprint density at radius 3 is 2.55 bits per heavy atom. The summed E-state index contributed by atoms with van der Waals surface area (Å²) in [6.45, 7) is 2.22. The fraction of sp³-hybridized carbons (Fsp3) is 0.423. The highest BCUT2D eigenvalue weighted by atomic mass is 16.5. The molecule has 1 saturated carbocycles. The van der Waals surface area contributed by atoms with Crippen LogP contribution in [0, 0.1) is 5.92 Å². The van der Waals surface area contributed by atoms with E-state index in [0.717, 1.165) is 19.3 Å². The van der Waals surface area contributed by atoms with Crippen molar-refractivity contribution in [1.29, 1.82) is 0 Å². The van der Waals surface area contributed by atoms with E-state index in [1.807, 2.05) is 6.07 Å². The van der Waals surface area contributed by atoms with Crippen LogP contribution < -0.4 is 0 Å². The van der Waals surface area contributed by atoms with Gasteiger partial charge in [0.05, 0.1) is 0 Å². The Bertz CT molecular complexity index is 968. The molecule has 2 fully saturated rings. The second-order valence-corrected chi connectivity index (χ2v) is 9.21. The van der Waals surface area contributed by atoms with Crippen molar-refractivity contribution >= 4 is 5.97 Å². The van der Waals surface area contributed by atoms with Crippen molar-refractivity contribution in [2.24, 2.45) is 5.92 Å². The minimum Gasteiger partial charge on any atom is -0.461 e. The highest BCUT2D eigenvalue weighted by Crippen LogP contribution is 2.54. The lowest BCUT2D eigenvalue weighted by atomic mass is 9.89. The largest absolute Gasteiger partial charge is 0.461 e. The molecule has 0 unspecified atom stereocenters. The van der Waals surface area contributed by atoms with Crippen LogP contribution in [0.1, 0.15) is 60.8 Å². The number of ether oxygens (including phenoxy) is 1. The van der Waals surface area contributed by atoms with E-state index in [2.05, 4.69) is 72.5 Å². The summed E-state index contributed by atoms with van der Waals surface area (Å²) < 4.78 is 6.24. The minimum atomic E-state index is -0.158. The number of rotatable bonds is 4. The van der Waals surface area contributed by atoms with Gasteiger partial charge < -0.3 is 4.74 Å². The minimum absolute atomic E-state index is 0.0142. The molecule has 6 rings (SSSR count). The van der Waals surface area contributed by atoms with Crippen molar-refractivity contribution in [2.45, 2.75) is 62.3 Å². The maximum atomic E-state index is 13.4. The van der Waals surface area contributed by atoms with Crippen molar-refractivity contribution in [3.63, 3.8) is 0 Å². The molecule has 0 aromatic heterocycles. The lowest BCUT2D eigenvalue weighted by Crippen LogP contribution is -2.47. The van der Waals surface area contributed by atoms with Crippen molar-refractivity contribution in [3.05, 3.63) is 83.4 Å². The van der Waals surface area contributed by atoms with Crippen LogP contribution in [0.4, 0.5) is 0 Å². The van der Waals surface area contributed by atoms with Gasteiger partial charge in [0.25, 0.3) is 0 Å². The fourth-order valence-electron chi connectivity index (χ4n) is 6.47. The summed E-state index contributed by atoms with van der Waals surface area (Å²) in [6.07, 6.45) is 7.72. The predicted molar refractivity (Wildman–Crippen MR) is 113 cm³/mol. The predicted octanol–water partition coefficient (Wildman–Crippen LogP) is 4.96. The van der Waals surface area contributed by atoms with Gasteiger partial charge in [-0.2, -0.15) is 0 Å². The van der Waals surface area contributed by atoms with Crippen molar-refractivity contribution < 1.29 is 9.53 Å². The first-order chi connectivity index (χ1) is 14.2. The third-order valence-corrected chi connectivity index (χ3v) is 7.78. The normalized spacial score (nSPS) is 35.1. The average molecular weight is 386 g/mol. The molecule has 0 N–H and O–H groups in total. The average Bonchev–Trinajstić information content (AvgIpc) is 3.53. The van der Waals surface area contributed by atoms with Crippen molar-refractivity contribution in [2.75, 3.05) is 0 Å². The van der Waals surface area contributed by atoms with Crippen molar-refractivity contribution in [1.82, 2.24) is 4.90 Å². The van der Waals surface area contributed by atoms with Crippen LogP contribution in [0.25, 0.3) is 0 Å². The van der Waals surface area contributed by atoms with E-state index in [1.54, 1.807) is 0 Å². The number of fused-ring (bicyclic) bond motifs is 7. The van der Waals surface area contributed by atoms with Gasteiger partial charge in [0, 0.05) is 23.9 Å². The number of esters is 1. The van der Waals surface area contributed by atoms with Crippen molar-refractivity contribution in [3.8, 4) is 0 Å². The molecular weight excluding hydrogens is 358 g/mol. The Kier molecular flexibility index (Phi) is 3.95. The monoisotopic (exact) mass is 385 g/mol. The van der Waals surface area contributed by atoms with Crippen LogP contribution in [-0.2, 0) is 9.53 Å². The molecule has 0 spiro atoms. The lowest BCUT2D eigenvalue weighted by Gasteiger charge is -2.37. The maximum Gasteiger partial charge on any atom is 0.324 e. The molecule has 29 heavy (non-hydrogen) atoms. The summed E-state index contributed by atoms with van der Waals surface area (Å²) in [5.74, 6) is 1.21. The van der Waals surface area contributed by atoms with Crippen LogP contribution in [0.2, 0.25) is 0 Å². The van der Waals surface area contributed by atoms with Crippen LogP contribution >= 0.6 is 0 Å². The SMILES string of the molecule is C[C@H](c1ccccc1)N1[C@@H]2C=C[C@@H](C2)[C@H]1C(=O)O[C@@H]1C[C@H]2C[C@@H]1c1ccccc12. The Labute approximate surface area is 172 Å². The third kappa shape index (κ3) is 2.63. The Hall–Kier alpha value is -2.39.